The molecule has 1 aromatic carbocycles. The molecule has 0 saturated heterocycles. The standard InChI is InChI=1S/C14H19N3/c1-13(12-17-10-6-9-15-17)11-16(2)14-7-4-3-5-8-14/h3-10,13H,11-12H2,1-2H3. The second-order valence-corrected chi connectivity index (χ2v) is 4.55. The van der Waals surface area contributed by atoms with Crippen LogP contribution in [0.25, 0.3) is 0 Å². The molecule has 0 aliphatic rings. The normalized spacial score (nSPS) is 12.4. The van der Waals surface area contributed by atoms with Crippen molar-refractivity contribution in [2.75, 3.05) is 18.5 Å². The van der Waals surface area contributed by atoms with Gasteiger partial charge in [-0.25, -0.2) is 0 Å². The smallest absolute Gasteiger partial charge is 0.0489 e. The van der Waals surface area contributed by atoms with E-state index in [-0.39, 0.29) is 0 Å². The average molecular weight is 229 g/mol. The van der Waals surface area contributed by atoms with Gasteiger partial charge in [0.2, 0.25) is 0 Å². The van der Waals surface area contributed by atoms with Crippen LogP contribution in [0.15, 0.2) is 48.8 Å². The minimum atomic E-state index is 0.570. The summed E-state index contributed by atoms with van der Waals surface area (Å²) in [7, 11) is 2.13. The number of anilines is 1. The second-order valence-electron chi connectivity index (χ2n) is 4.55. The number of para-hydroxylation sites is 1. The first-order chi connectivity index (χ1) is 8.25. The van der Waals surface area contributed by atoms with Crippen LogP contribution in [0, 0.1) is 5.92 Å². The van der Waals surface area contributed by atoms with Crippen molar-refractivity contribution in [3.63, 3.8) is 0 Å². The summed E-state index contributed by atoms with van der Waals surface area (Å²) in [6.07, 6.45) is 3.84. The molecule has 0 bridgehead atoms. The average Bonchev–Trinajstić information content (AvgIpc) is 2.82. The Bertz CT molecular complexity index is 422. The molecule has 1 unspecified atom stereocenters. The van der Waals surface area contributed by atoms with Crippen molar-refractivity contribution < 1.29 is 0 Å². The predicted molar refractivity (Wildman–Crippen MR) is 71.1 cm³/mol. The number of benzene rings is 1. The molecule has 2 aromatic rings. The van der Waals surface area contributed by atoms with Gasteiger partial charge in [0.05, 0.1) is 0 Å². The van der Waals surface area contributed by atoms with Crippen LogP contribution in [0.1, 0.15) is 6.92 Å². The molecule has 2 rings (SSSR count). The molecule has 0 aliphatic carbocycles. The Kier molecular flexibility index (Phi) is 3.81. The molecule has 0 radical (unpaired) electrons. The Morgan fingerprint density at radius 3 is 2.65 bits per heavy atom. The first-order valence-corrected chi connectivity index (χ1v) is 5.99. The summed E-state index contributed by atoms with van der Waals surface area (Å²) in [6, 6.07) is 12.4. The van der Waals surface area contributed by atoms with Crippen LogP contribution in [0.4, 0.5) is 5.69 Å². The van der Waals surface area contributed by atoms with Gasteiger partial charge in [0.25, 0.3) is 0 Å². The molecule has 90 valence electrons. The van der Waals surface area contributed by atoms with Crippen LogP contribution in [-0.2, 0) is 6.54 Å². The van der Waals surface area contributed by atoms with Crippen molar-refractivity contribution in [3.05, 3.63) is 48.8 Å². The molecule has 1 atom stereocenters. The van der Waals surface area contributed by atoms with E-state index < -0.39 is 0 Å². The van der Waals surface area contributed by atoms with E-state index in [0.29, 0.717) is 5.92 Å². The predicted octanol–water partition coefficient (Wildman–Crippen LogP) is 2.66. The summed E-state index contributed by atoms with van der Waals surface area (Å²) in [5.41, 5.74) is 1.26. The maximum Gasteiger partial charge on any atom is 0.0489 e. The van der Waals surface area contributed by atoms with Crippen molar-refractivity contribution in [2.45, 2.75) is 13.5 Å². The van der Waals surface area contributed by atoms with Crippen LogP contribution in [0.5, 0.6) is 0 Å². The van der Waals surface area contributed by atoms with Crippen LogP contribution < -0.4 is 4.90 Å². The van der Waals surface area contributed by atoms with Gasteiger partial charge < -0.3 is 4.90 Å². The number of hydrogen-bond donors (Lipinski definition) is 0. The zero-order valence-corrected chi connectivity index (χ0v) is 10.5. The van der Waals surface area contributed by atoms with Gasteiger partial charge in [-0.3, -0.25) is 4.68 Å². The molecule has 0 aliphatic heterocycles. The van der Waals surface area contributed by atoms with Crippen molar-refractivity contribution >= 4 is 5.69 Å². The maximum atomic E-state index is 4.23. The molecular weight excluding hydrogens is 210 g/mol. The molecule has 1 heterocycles. The molecule has 3 heteroatoms. The molecule has 0 fully saturated rings. The second kappa shape index (κ2) is 5.53. The summed E-state index contributed by atoms with van der Waals surface area (Å²) in [4.78, 5) is 2.29. The lowest BCUT2D eigenvalue weighted by Gasteiger charge is -2.23. The Morgan fingerprint density at radius 2 is 2.00 bits per heavy atom. The van der Waals surface area contributed by atoms with Crippen molar-refractivity contribution in [2.24, 2.45) is 5.92 Å². The van der Waals surface area contributed by atoms with Crippen LogP contribution in [0.2, 0.25) is 0 Å². The van der Waals surface area contributed by atoms with E-state index in [9.17, 15) is 0 Å². The Hall–Kier alpha value is -1.77. The minimum Gasteiger partial charge on any atom is -0.374 e. The lowest BCUT2D eigenvalue weighted by Crippen LogP contribution is -2.26. The molecule has 0 amide bonds. The topological polar surface area (TPSA) is 21.1 Å². The zero-order chi connectivity index (χ0) is 12.1. The van der Waals surface area contributed by atoms with Gasteiger partial charge in [-0.15, -0.1) is 0 Å². The minimum absolute atomic E-state index is 0.570. The first-order valence-electron chi connectivity index (χ1n) is 5.99. The van der Waals surface area contributed by atoms with Gasteiger partial charge in [-0.1, -0.05) is 25.1 Å². The third-order valence-electron chi connectivity index (χ3n) is 2.84. The number of nitrogens with zero attached hydrogens (tertiary/aromatic N) is 3. The van der Waals surface area contributed by atoms with E-state index in [1.54, 1.807) is 0 Å². The van der Waals surface area contributed by atoms with Crippen LogP contribution >= 0.6 is 0 Å². The fourth-order valence-electron chi connectivity index (χ4n) is 2.04. The third-order valence-corrected chi connectivity index (χ3v) is 2.84. The largest absolute Gasteiger partial charge is 0.374 e. The van der Waals surface area contributed by atoms with Crippen molar-refractivity contribution in [1.29, 1.82) is 0 Å². The molecule has 0 N–H and O–H groups in total. The molecule has 1 aromatic heterocycles. The van der Waals surface area contributed by atoms with E-state index in [1.807, 2.05) is 29.2 Å². The molecule has 0 saturated carbocycles. The van der Waals surface area contributed by atoms with E-state index in [2.05, 4.69) is 48.2 Å². The van der Waals surface area contributed by atoms with Gasteiger partial charge in [-0.05, 0) is 24.1 Å². The number of hydrogen-bond acceptors (Lipinski definition) is 2. The lowest BCUT2D eigenvalue weighted by atomic mass is 10.1. The molecule has 0 spiro atoms. The highest BCUT2D eigenvalue weighted by Crippen LogP contribution is 2.13. The summed E-state index contributed by atoms with van der Waals surface area (Å²) in [5, 5.41) is 4.23. The monoisotopic (exact) mass is 229 g/mol. The van der Waals surface area contributed by atoms with Crippen LogP contribution in [-0.4, -0.2) is 23.4 Å². The fraction of sp³-hybridized carbons (Fsp3) is 0.357. The molecule has 17 heavy (non-hydrogen) atoms. The van der Waals surface area contributed by atoms with Crippen LogP contribution in [0.3, 0.4) is 0 Å². The van der Waals surface area contributed by atoms with Gasteiger partial charge in [0, 0.05) is 38.2 Å². The van der Waals surface area contributed by atoms with Gasteiger partial charge in [-0.2, -0.15) is 5.10 Å². The highest BCUT2D eigenvalue weighted by atomic mass is 15.3. The molecular formula is C14H19N3. The highest BCUT2D eigenvalue weighted by molar-refractivity contribution is 5.44. The lowest BCUT2D eigenvalue weighted by molar-refractivity contribution is 0.452. The summed E-state index contributed by atoms with van der Waals surface area (Å²) >= 11 is 0. The Morgan fingerprint density at radius 1 is 1.24 bits per heavy atom. The quantitative estimate of drug-likeness (QED) is 0.786. The summed E-state index contributed by atoms with van der Waals surface area (Å²) in [5.74, 6) is 0.570. The first kappa shape index (κ1) is 11.7. The van der Waals surface area contributed by atoms with E-state index >= 15 is 0 Å². The van der Waals surface area contributed by atoms with Gasteiger partial charge in [0.15, 0.2) is 0 Å². The SMILES string of the molecule is CC(CN(C)c1ccccc1)Cn1cccn1. The number of rotatable bonds is 5. The summed E-state index contributed by atoms with van der Waals surface area (Å²) < 4.78 is 1.99. The van der Waals surface area contributed by atoms with E-state index in [0.717, 1.165) is 13.1 Å². The fourth-order valence-corrected chi connectivity index (χ4v) is 2.04. The molecule has 3 nitrogen and oxygen atoms in total. The van der Waals surface area contributed by atoms with E-state index in [1.165, 1.54) is 5.69 Å². The third kappa shape index (κ3) is 3.34. The summed E-state index contributed by atoms with van der Waals surface area (Å²) in [6.45, 7) is 4.25. The Labute approximate surface area is 103 Å². The Balaban J connectivity index is 1.88. The number of aromatic nitrogens is 2. The van der Waals surface area contributed by atoms with Crippen molar-refractivity contribution in [1.82, 2.24) is 9.78 Å². The van der Waals surface area contributed by atoms with Gasteiger partial charge >= 0.3 is 0 Å². The van der Waals surface area contributed by atoms with Crippen molar-refractivity contribution in [3.8, 4) is 0 Å². The highest BCUT2D eigenvalue weighted by Gasteiger charge is 2.07. The van der Waals surface area contributed by atoms with Gasteiger partial charge in [0.1, 0.15) is 0 Å². The maximum absolute atomic E-state index is 4.23. The van der Waals surface area contributed by atoms with E-state index in [4.69, 9.17) is 0 Å². The zero-order valence-electron chi connectivity index (χ0n) is 10.5.